The van der Waals surface area contributed by atoms with Gasteiger partial charge in [-0.25, -0.2) is 0 Å². The SMILES string of the molecule is CC1(C)CCC(CN)C(Cc2ccn(C3CCCC3)n2)C1. The molecule has 1 aromatic rings. The van der Waals surface area contributed by atoms with Crippen LogP contribution in [0.15, 0.2) is 12.3 Å². The molecule has 2 aliphatic carbocycles. The fourth-order valence-corrected chi connectivity index (χ4v) is 4.47. The first-order chi connectivity index (χ1) is 10.1. The summed E-state index contributed by atoms with van der Waals surface area (Å²) in [4.78, 5) is 0. The Labute approximate surface area is 129 Å². The Bertz CT molecular complexity index is 457. The molecule has 118 valence electrons. The largest absolute Gasteiger partial charge is 0.330 e. The zero-order valence-electron chi connectivity index (χ0n) is 13.7. The van der Waals surface area contributed by atoms with Crippen LogP contribution in [-0.2, 0) is 6.42 Å². The molecule has 0 amide bonds. The van der Waals surface area contributed by atoms with Crippen LogP contribution < -0.4 is 5.73 Å². The van der Waals surface area contributed by atoms with Crippen LogP contribution in [0.1, 0.15) is 70.5 Å². The van der Waals surface area contributed by atoms with Gasteiger partial charge in [0.2, 0.25) is 0 Å². The van der Waals surface area contributed by atoms with Gasteiger partial charge < -0.3 is 5.73 Å². The third-order valence-corrected chi connectivity index (χ3v) is 5.81. The minimum Gasteiger partial charge on any atom is -0.330 e. The van der Waals surface area contributed by atoms with Gasteiger partial charge in [0.1, 0.15) is 0 Å². The van der Waals surface area contributed by atoms with E-state index in [0.717, 1.165) is 13.0 Å². The Morgan fingerprint density at radius 2 is 2.00 bits per heavy atom. The fraction of sp³-hybridized carbons (Fsp3) is 0.833. The maximum Gasteiger partial charge on any atom is 0.0627 e. The smallest absolute Gasteiger partial charge is 0.0627 e. The number of hydrogen-bond acceptors (Lipinski definition) is 2. The highest BCUT2D eigenvalue weighted by atomic mass is 15.3. The van der Waals surface area contributed by atoms with Gasteiger partial charge in [0, 0.05) is 6.20 Å². The van der Waals surface area contributed by atoms with Crippen molar-refractivity contribution in [2.45, 2.75) is 71.3 Å². The van der Waals surface area contributed by atoms with Gasteiger partial charge >= 0.3 is 0 Å². The standard InChI is InChI=1S/C18H31N3/c1-18(2)9-7-14(13-19)15(12-18)11-16-8-10-21(20-16)17-5-3-4-6-17/h8,10,14-15,17H,3-7,9,11-13,19H2,1-2H3. The fourth-order valence-electron chi connectivity index (χ4n) is 4.47. The van der Waals surface area contributed by atoms with Crippen LogP contribution in [0.4, 0.5) is 0 Å². The van der Waals surface area contributed by atoms with E-state index in [0.29, 0.717) is 23.3 Å². The molecule has 0 aromatic carbocycles. The van der Waals surface area contributed by atoms with Gasteiger partial charge in [-0.1, -0.05) is 26.7 Å². The molecule has 0 saturated heterocycles. The summed E-state index contributed by atoms with van der Waals surface area (Å²) in [6.45, 7) is 5.65. The second-order valence-corrected chi connectivity index (χ2v) is 8.09. The van der Waals surface area contributed by atoms with Crippen LogP contribution in [0, 0.1) is 17.3 Å². The molecule has 2 aliphatic rings. The monoisotopic (exact) mass is 289 g/mol. The summed E-state index contributed by atoms with van der Waals surface area (Å²) in [5, 5.41) is 4.88. The first-order valence-corrected chi connectivity index (χ1v) is 8.81. The van der Waals surface area contributed by atoms with Gasteiger partial charge in [-0.2, -0.15) is 5.10 Å². The molecule has 2 saturated carbocycles. The Balaban J connectivity index is 1.66. The highest BCUT2D eigenvalue weighted by molar-refractivity contribution is 5.03. The summed E-state index contributed by atoms with van der Waals surface area (Å²) in [5.74, 6) is 1.40. The lowest BCUT2D eigenvalue weighted by molar-refractivity contribution is 0.120. The van der Waals surface area contributed by atoms with Crippen molar-refractivity contribution in [3.63, 3.8) is 0 Å². The van der Waals surface area contributed by atoms with E-state index in [1.54, 1.807) is 0 Å². The van der Waals surface area contributed by atoms with Crippen molar-refractivity contribution in [2.24, 2.45) is 23.0 Å². The maximum absolute atomic E-state index is 6.02. The molecule has 3 nitrogen and oxygen atoms in total. The Hall–Kier alpha value is -0.830. The van der Waals surface area contributed by atoms with Crippen molar-refractivity contribution in [3.8, 4) is 0 Å². The third-order valence-electron chi connectivity index (χ3n) is 5.81. The molecular formula is C18H31N3. The Kier molecular flexibility index (Phi) is 4.39. The molecule has 0 aliphatic heterocycles. The maximum atomic E-state index is 6.02. The number of hydrogen-bond donors (Lipinski definition) is 1. The molecule has 1 heterocycles. The van der Waals surface area contributed by atoms with E-state index in [-0.39, 0.29) is 0 Å². The predicted octanol–water partition coefficient (Wildman–Crippen LogP) is 3.94. The van der Waals surface area contributed by atoms with Gasteiger partial charge in [0.05, 0.1) is 11.7 Å². The van der Waals surface area contributed by atoms with Crippen LogP contribution >= 0.6 is 0 Å². The molecule has 21 heavy (non-hydrogen) atoms. The van der Waals surface area contributed by atoms with Crippen molar-refractivity contribution in [2.75, 3.05) is 6.54 Å². The van der Waals surface area contributed by atoms with Crippen LogP contribution in [0.5, 0.6) is 0 Å². The summed E-state index contributed by atoms with van der Waals surface area (Å²) in [7, 11) is 0. The van der Waals surface area contributed by atoms with Gasteiger partial charge in [0.25, 0.3) is 0 Å². The summed E-state index contributed by atoms with van der Waals surface area (Å²) < 4.78 is 2.23. The molecule has 0 spiro atoms. The van der Waals surface area contributed by atoms with E-state index in [4.69, 9.17) is 10.8 Å². The second kappa shape index (κ2) is 6.12. The average molecular weight is 289 g/mol. The molecule has 3 rings (SSSR count). The van der Waals surface area contributed by atoms with Gasteiger partial charge in [-0.15, -0.1) is 0 Å². The number of rotatable bonds is 4. The zero-order chi connectivity index (χ0) is 14.9. The molecule has 2 atom stereocenters. The van der Waals surface area contributed by atoms with Gasteiger partial charge in [-0.05, 0) is 68.4 Å². The average Bonchev–Trinajstić information content (AvgIpc) is 3.08. The van der Waals surface area contributed by atoms with E-state index in [1.165, 1.54) is 50.6 Å². The van der Waals surface area contributed by atoms with Crippen molar-refractivity contribution in [3.05, 3.63) is 18.0 Å². The van der Waals surface area contributed by atoms with Gasteiger partial charge in [0.15, 0.2) is 0 Å². The first-order valence-electron chi connectivity index (χ1n) is 8.81. The summed E-state index contributed by atoms with van der Waals surface area (Å²) in [5.41, 5.74) is 7.77. The number of nitrogens with zero attached hydrogens (tertiary/aromatic N) is 2. The minimum atomic E-state index is 0.477. The highest BCUT2D eigenvalue weighted by Crippen LogP contribution is 2.42. The zero-order valence-corrected chi connectivity index (χ0v) is 13.7. The van der Waals surface area contributed by atoms with E-state index >= 15 is 0 Å². The Morgan fingerprint density at radius 1 is 1.24 bits per heavy atom. The minimum absolute atomic E-state index is 0.477. The number of aromatic nitrogens is 2. The lowest BCUT2D eigenvalue weighted by Crippen LogP contribution is -2.35. The van der Waals surface area contributed by atoms with Crippen molar-refractivity contribution in [1.29, 1.82) is 0 Å². The molecule has 0 bridgehead atoms. The molecule has 2 unspecified atom stereocenters. The molecule has 0 radical (unpaired) electrons. The van der Waals surface area contributed by atoms with E-state index in [1.807, 2.05) is 0 Å². The second-order valence-electron chi connectivity index (χ2n) is 8.09. The normalized spacial score (nSPS) is 29.9. The van der Waals surface area contributed by atoms with E-state index in [2.05, 4.69) is 30.8 Å². The predicted molar refractivity (Wildman–Crippen MR) is 87.1 cm³/mol. The highest BCUT2D eigenvalue weighted by Gasteiger charge is 2.34. The molecule has 2 fully saturated rings. The topological polar surface area (TPSA) is 43.8 Å². The molecular weight excluding hydrogens is 258 g/mol. The van der Waals surface area contributed by atoms with Crippen LogP contribution in [0.3, 0.4) is 0 Å². The lowest BCUT2D eigenvalue weighted by atomic mass is 9.66. The molecule has 2 N–H and O–H groups in total. The molecule has 3 heteroatoms. The van der Waals surface area contributed by atoms with Gasteiger partial charge in [-0.3, -0.25) is 4.68 Å². The van der Waals surface area contributed by atoms with E-state index < -0.39 is 0 Å². The Morgan fingerprint density at radius 3 is 2.71 bits per heavy atom. The summed E-state index contributed by atoms with van der Waals surface area (Å²) in [6, 6.07) is 2.90. The van der Waals surface area contributed by atoms with Crippen LogP contribution in [0.25, 0.3) is 0 Å². The van der Waals surface area contributed by atoms with Crippen molar-refractivity contribution in [1.82, 2.24) is 9.78 Å². The van der Waals surface area contributed by atoms with E-state index in [9.17, 15) is 0 Å². The third kappa shape index (κ3) is 3.50. The molecule has 1 aromatic heterocycles. The lowest BCUT2D eigenvalue weighted by Gasteiger charge is -2.40. The van der Waals surface area contributed by atoms with Crippen LogP contribution in [0.2, 0.25) is 0 Å². The number of nitrogens with two attached hydrogens (primary N) is 1. The quantitative estimate of drug-likeness (QED) is 0.912. The summed E-state index contributed by atoms with van der Waals surface area (Å²) in [6.07, 6.45) is 12.6. The summed E-state index contributed by atoms with van der Waals surface area (Å²) >= 11 is 0. The first kappa shape index (κ1) is 15.1. The van der Waals surface area contributed by atoms with Crippen LogP contribution in [-0.4, -0.2) is 16.3 Å². The van der Waals surface area contributed by atoms with Crippen molar-refractivity contribution < 1.29 is 0 Å². The van der Waals surface area contributed by atoms with Crippen molar-refractivity contribution >= 4 is 0 Å².